The van der Waals surface area contributed by atoms with Crippen molar-refractivity contribution in [2.75, 3.05) is 11.9 Å². The van der Waals surface area contributed by atoms with Crippen LogP contribution >= 0.6 is 22.9 Å². The number of ether oxygens (including phenoxy) is 1. The molecular formula is C25H28ClNO3S. The lowest BCUT2D eigenvalue weighted by molar-refractivity contribution is -0.124. The second-order valence-electron chi connectivity index (χ2n) is 9.70. The van der Waals surface area contributed by atoms with E-state index in [0.717, 1.165) is 23.3 Å². The highest BCUT2D eigenvalue weighted by Crippen LogP contribution is 2.61. The van der Waals surface area contributed by atoms with E-state index < -0.39 is 5.97 Å². The summed E-state index contributed by atoms with van der Waals surface area (Å²) < 4.78 is 5.32. The zero-order chi connectivity index (χ0) is 21.6. The third-order valence-electron chi connectivity index (χ3n) is 7.39. The van der Waals surface area contributed by atoms with Crippen molar-refractivity contribution in [2.45, 2.75) is 51.9 Å². The summed E-state index contributed by atoms with van der Waals surface area (Å²) in [6.07, 6.45) is 8.20. The van der Waals surface area contributed by atoms with Crippen LogP contribution < -0.4 is 5.32 Å². The molecule has 4 nitrogen and oxygen atoms in total. The van der Waals surface area contributed by atoms with Crippen molar-refractivity contribution in [2.24, 2.45) is 23.2 Å². The number of amides is 1. The average molecular weight is 458 g/mol. The van der Waals surface area contributed by atoms with Gasteiger partial charge in [-0.05, 0) is 74.7 Å². The van der Waals surface area contributed by atoms with Crippen LogP contribution in [0.15, 0.2) is 29.6 Å². The fourth-order valence-electron chi connectivity index (χ4n) is 6.75. The maximum absolute atomic E-state index is 13.2. The third-order valence-corrected chi connectivity index (χ3v) is 8.61. The minimum Gasteiger partial charge on any atom is -0.462 e. The molecule has 0 aliphatic heterocycles. The van der Waals surface area contributed by atoms with E-state index in [1.807, 2.05) is 23.6 Å². The molecule has 4 saturated carbocycles. The van der Waals surface area contributed by atoms with Crippen LogP contribution in [0.5, 0.6) is 0 Å². The first-order valence-corrected chi connectivity index (χ1v) is 12.6. The summed E-state index contributed by atoms with van der Waals surface area (Å²) in [5.74, 6) is 2.01. The number of carbonyl (C=O) groups is 2. The lowest BCUT2D eigenvalue weighted by Crippen LogP contribution is -2.47. The molecule has 31 heavy (non-hydrogen) atoms. The summed E-state index contributed by atoms with van der Waals surface area (Å²) in [6.45, 7) is 2.06. The minimum atomic E-state index is -0.427. The second-order valence-corrected chi connectivity index (χ2v) is 11.0. The Labute approximate surface area is 192 Å². The van der Waals surface area contributed by atoms with Crippen molar-refractivity contribution < 1.29 is 14.3 Å². The van der Waals surface area contributed by atoms with E-state index in [4.69, 9.17) is 16.3 Å². The summed E-state index contributed by atoms with van der Waals surface area (Å²) in [5.41, 5.74) is 2.04. The highest BCUT2D eigenvalue weighted by molar-refractivity contribution is 7.15. The number of rotatable bonds is 6. The van der Waals surface area contributed by atoms with E-state index in [2.05, 4.69) is 5.32 Å². The van der Waals surface area contributed by atoms with Gasteiger partial charge in [-0.3, -0.25) is 4.79 Å². The number of anilines is 1. The topological polar surface area (TPSA) is 55.4 Å². The number of hydrogen-bond acceptors (Lipinski definition) is 4. The van der Waals surface area contributed by atoms with E-state index in [1.165, 1.54) is 49.9 Å². The maximum atomic E-state index is 13.2. The minimum absolute atomic E-state index is 0.0139. The Morgan fingerprint density at radius 2 is 1.74 bits per heavy atom. The molecule has 2 aromatic rings. The van der Waals surface area contributed by atoms with Crippen LogP contribution in [0.4, 0.5) is 5.00 Å². The average Bonchev–Trinajstić information content (AvgIpc) is 3.10. The number of esters is 1. The van der Waals surface area contributed by atoms with Crippen molar-refractivity contribution in [1.29, 1.82) is 0 Å². The molecule has 0 spiro atoms. The molecule has 164 valence electrons. The highest BCUT2D eigenvalue weighted by atomic mass is 35.5. The molecule has 1 N–H and O–H groups in total. The molecule has 4 aliphatic rings. The standard InChI is InChI=1S/C25H28ClNO3S/c1-2-30-24(29)22-19(18-5-3-4-6-20(18)26)14-31-23(22)27-21(28)13-25-10-15-7-16(11-25)9-17(8-15)12-25/h3-6,14-17H,2,7-13H2,1H3,(H,27,28). The van der Waals surface area contributed by atoms with Crippen molar-refractivity contribution >= 4 is 39.8 Å². The van der Waals surface area contributed by atoms with Crippen molar-refractivity contribution in [3.8, 4) is 11.1 Å². The van der Waals surface area contributed by atoms with E-state index in [1.54, 1.807) is 13.0 Å². The Bertz CT molecular complexity index is 979. The number of thiophene rings is 1. The van der Waals surface area contributed by atoms with Gasteiger partial charge in [0.25, 0.3) is 0 Å². The van der Waals surface area contributed by atoms with Crippen LogP contribution in [0.25, 0.3) is 11.1 Å². The number of benzene rings is 1. The molecule has 4 bridgehead atoms. The Morgan fingerprint density at radius 1 is 1.10 bits per heavy atom. The Kier molecular flexibility index (Phi) is 5.59. The van der Waals surface area contributed by atoms with Gasteiger partial charge in [-0.1, -0.05) is 29.8 Å². The predicted octanol–water partition coefficient (Wildman–Crippen LogP) is 6.79. The molecule has 0 saturated heterocycles. The van der Waals surface area contributed by atoms with Crippen molar-refractivity contribution in [1.82, 2.24) is 0 Å². The summed E-state index contributed by atoms with van der Waals surface area (Å²) in [4.78, 5) is 26.0. The van der Waals surface area contributed by atoms with Crippen LogP contribution in [-0.4, -0.2) is 18.5 Å². The molecular weight excluding hydrogens is 430 g/mol. The zero-order valence-corrected chi connectivity index (χ0v) is 19.4. The van der Waals surface area contributed by atoms with Gasteiger partial charge in [0, 0.05) is 28.0 Å². The fraction of sp³-hybridized carbons (Fsp3) is 0.520. The van der Waals surface area contributed by atoms with Crippen LogP contribution in [0.1, 0.15) is 62.2 Å². The number of carbonyl (C=O) groups excluding carboxylic acids is 2. The molecule has 1 aromatic carbocycles. The largest absolute Gasteiger partial charge is 0.462 e. The number of nitrogens with one attached hydrogen (secondary N) is 1. The molecule has 1 aromatic heterocycles. The first-order valence-electron chi connectivity index (χ1n) is 11.3. The normalized spacial score (nSPS) is 28.5. The molecule has 0 unspecified atom stereocenters. The molecule has 4 aliphatic carbocycles. The van der Waals surface area contributed by atoms with Gasteiger partial charge in [0.15, 0.2) is 0 Å². The van der Waals surface area contributed by atoms with Crippen LogP contribution in [0.2, 0.25) is 5.02 Å². The molecule has 6 rings (SSSR count). The van der Waals surface area contributed by atoms with Gasteiger partial charge in [0.05, 0.1) is 6.61 Å². The van der Waals surface area contributed by atoms with Gasteiger partial charge < -0.3 is 10.1 Å². The smallest absolute Gasteiger partial charge is 0.341 e. The molecule has 1 heterocycles. The Balaban J connectivity index is 1.39. The lowest BCUT2D eigenvalue weighted by atomic mass is 9.49. The zero-order valence-electron chi connectivity index (χ0n) is 17.8. The van der Waals surface area contributed by atoms with E-state index in [0.29, 0.717) is 27.6 Å². The highest BCUT2D eigenvalue weighted by Gasteiger charge is 2.51. The van der Waals surface area contributed by atoms with Gasteiger partial charge in [0.2, 0.25) is 5.91 Å². The molecule has 0 atom stereocenters. The van der Waals surface area contributed by atoms with E-state index >= 15 is 0 Å². The Hall–Kier alpha value is -1.85. The maximum Gasteiger partial charge on any atom is 0.341 e. The monoisotopic (exact) mass is 457 g/mol. The first-order chi connectivity index (χ1) is 15.0. The van der Waals surface area contributed by atoms with Crippen LogP contribution in [0.3, 0.4) is 0 Å². The summed E-state index contributed by atoms with van der Waals surface area (Å²) >= 11 is 7.76. The SMILES string of the molecule is CCOC(=O)c1c(-c2ccccc2Cl)csc1NC(=O)CC12CC3CC(CC(C3)C1)C2. The second kappa shape index (κ2) is 8.25. The molecule has 1 amide bonds. The molecule has 0 radical (unpaired) electrons. The van der Waals surface area contributed by atoms with Gasteiger partial charge >= 0.3 is 5.97 Å². The number of halogens is 1. The summed E-state index contributed by atoms with van der Waals surface area (Å²) in [6, 6.07) is 7.43. The van der Waals surface area contributed by atoms with E-state index in [-0.39, 0.29) is 17.9 Å². The Morgan fingerprint density at radius 3 is 2.35 bits per heavy atom. The number of hydrogen-bond donors (Lipinski definition) is 1. The molecule has 4 fully saturated rings. The quantitative estimate of drug-likeness (QED) is 0.486. The van der Waals surface area contributed by atoms with Gasteiger partial charge in [-0.2, -0.15) is 0 Å². The van der Waals surface area contributed by atoms with Gasteiger partial charge in [0.1, 0.15) is 10.6 Å². The third kappa shape index (κ3) is 4.03. The van der Waals surface area contributed by atoms with Crippen molar-refractivity contribution in [3.63, 3.8) is 0 Å². The lowest BCUT2D eigenvalue weighted by Gasteiger charge is -2.56. The summed E-state index contributed by atoms with van der Waals surface area (Å²) in [5, 5.41) is 6.08. The van der Waals surface area contributed by atoms with Crippen molar-refractivity contribution in [3.05, 3.63) is 40.2 Å². The van der Waals surface area contributed by atoms with Gasteiger partial charge in [-0.15, -0.1) is 11.3 Å². The van der Waals surface area contributed by atoms with Crippen LogP contribution in [0, 0.1) is 23.2 Å². The van der Waals surface area contributed by atoms with Crippen LogP contribution in [-0.2, 0) is 9.53 Å². The first kappa shape index (κ1) is 21.0. The molecule has 6 heteroatoms. The van der Waals surface area contributed by atoms with E-state index in [9.17, 15) is 9.59 Å². The fourth-order valence-corrected chi connectivity index (χ4v) is 7.95. The van der Waals surface area contributed by atoms with Gasteiger partial charge in [-0.25, -0.2) is 4.79 Å². The predicted molar refractivity (Wildman–Crippen MR) is 125 cm³/mol. The summed E-state index contributed by atoms with van der Waals surface area (Å²) in [7, 11) is 0.